The van der Waals surface area contributed by atoms with Gasteiger partial charge < -0.3 is 14.6 Å². The van der Waals surface area contributed by atoms with E-state index in [4.69, 9.17) is 4.99 Å². The van der Waals surface area contributed by atoms with Crippen LogP contribution >= 0.6 is 8.58 Å². The highest BCUT2D eigenvalue weighted by Gasteiger charge is 2.31. The Labute approximate surface area is 166 Å². The summed E-state index contributed by atoms with van der Waals surface area (Å²) >= 11 is 0. The molecule has 0 spiro atoms. The number of aromatic nitrogens is 2. The maximum atomic E-state index is 12.9. The zero-order valence-corrected chi connectivity index (χ0v) is 17.1. The molecule has 0 bridgehead atoms. The monoisotopic (exact) mass is 393 g/mol. The number of nitrogens with one attached hydrogen (secondary N) is 1. The number of hydrogen-bond acceptors (Lipinski definition) is 4. The van der Waals surface area contributed by atoms with Crippen molar-refractivity contribution in [3.05, 3.63) is 53.3 Å². The van der Waals surface area contributed by atoms with E-state index in [0.717, 1.165) is 59.4 Å². The summed E-state index contributed by atoms with van der Waals surface area (Å²) in [5.74, 6) is 0.531. The molecule has 2 atom stereocenters. The van der Waals surface area contributed by atoms with Gasteiger partial charge in [-0.1, -0.05) is 8.58 Å². The molecule has 3 aliphatic rings. The molecule has 0 radical (unpaired) electrons. The Balaban J connectivity index is 1.45. The molecule has 2 unspecified atom stereocenters. The molecule has 0 saturated carbocycles. The van der Waals surface area contributed by atoms with Gasteiger partial charge in [0, 0.05) is 36.8 Å². The topological polar surface area (TPSA) is 62.0 Å². The Morgan fingerprint density at radius 2 is 2.04 bits per heavy atom. The Kier molecular flexibility index (Phi) is 4.41. The van der Waals surface area contributed by atoms with E-state index in [9.17, 15) is 4.79 Å². The van der Waals surface area contributed by atoms with Gasteiger partial charge in [-0.2, -0.15) is 0 Å². The van der Waals surface area contributed by atoms with E-state index in [1.165, 1.54) is 0 Å². The molecule has 0 aromatic carbocycles. The molecule has 0 aliphatic carbocycles. The van der Waals surface area contributed by atoms with Crippen molar-refractivity contribution in [2.45, 2.75) is 32.5 Å². The molecule has 28 heavy (non-hydrogen) atoms. The van der Waals surface area contributed by atoms with Crippen LogP contribution in [-0.2, 0) is 4.79 Å². The van der Waals surface area contributed by atoms with Crippen LogP contribution in [0.15, 0.2) is 41.4 Å². The molecule has 3 aliphatic heterocycles. The largest absolute Gasteiger partial charge is 0.317 e. The number of piperidine rings is 1. The van der Waals surface area contributed by atoms with Crippen LogP contribution in [0.2, 0.25) is 0 Å². The Morgan fingerprint density at radius 3 is 2.86 bits per heavy atom. The zero-order chi connectivity index (χ0) is 19.3. The second-order valence-corrected chi connectivity index (χ2v) is 9.19. The minimum absolute atomic E-state index is 0.0264. The number of carbonyl (C=O) groups excluding carboxylic acids is 1. The summed E-state index contributed by atoms with van der Waals surface area (Å²) in [4.78, 5) is 24.1. The Morgan fingerprint density at radius 1 is 1.21 bits per heavy atom. The fourth-order valence-corrected chi connectivity index (χ4v) is 5.54. The van der Waals surface area contributed by atoms with Crippen molar-refractivity contribution in [3.63, 3.8) is 0 Å². The number of carbonyl (C=O) groups is 1. The highest BCUT2D eigenvalue weighted by molar-refractivity contribution is 7.52. The molecule has 1 fully saturated rings. The van der Waals surface area contributed by atoms with E-state index in [1.54, 1.807) is 6.08 Å². The van der Waals surface area contributed by atoms with Crippen LogP contribution in [-0.4, -0.2) is 45.3 Å². The molecule has 2 aromatic heterocycles. The van der Waals surface area contributed by atoms with Gasteiger partial charge in [-0.15, -0.1) is 0 Å². The average molecular weight is 393 g/mol. The van der Waals surface area contributed by atoms with Crippen LogP contribution in [0.4, 0.5) is 0 Å². The van der Waals surface area contributed by atoms with Gasteiger partial charge in [-0.3, -0.25) is 9.79 Å². The molecule has 7 heteroatoms. The third-order valence-electron chi connectivity index (χ3n) is 5.69. The molecule has 5 heterocycles. The molecular weight excluding hydrogens is 369 g/mol. The Hall–Kier alpha value is -2.30. The van der Waals surface area contributed by atoms with Crippen molar-refractivity contribution < 1.29 is 4.79 Å². The summed E-state index contributed by atoms with van der Waals surface area (Å²) < 4.78 is 2.06. The summed E-state index contributed by atoms with van der Waals surface area (Å²) in [6, 6.07) is 2.14. The van der Waals surface area contributed by atoms with E-state index in [1.807, 2.05) is 30.4 Å². The van der Waals surface area contributed by atoms with E-state index < -0.39 is 0 Å². The van der Waals surface area contributed by atoms with Gasteiger partial charge in [0.15, 0.2) is 0 Å². The van der Waals surface area contributed by atoms with E-state index >= 15 is 0 Å². The second kappa shape index (κ2) is 6.94. The first-order valence-corrected chi connectivity index (χ1v) is 10.9. The van der Waals surface area contributed by atoms with Gasteiger partial charge in [0.2, 0.25) is 0 Å². The van der Waals surface area contributed by atoms with Crippen molar-refractivity contribution in [1.29, 1.82) is 0 Å². The number of aryl methyl sites for hydroxylation is 2. The SMILES string of the molecule is Cc1cn2cc(C3=CC(=O)N4C=C(C5CCNCC5)N=CC4P3)cc(C)c2n1. The molecule has 2 aromatic rings. The molecular formula is C21H24N5OP. The van der Waals surface area contributed by atoms with Gasteiger partial charge in [0.25, 0.3) is 5.91 Å². The lowest BCUT2D eigenvalue weighted by Crippen LogP contribution is -2.39. The normalized spacial score (nSPS) is 23.9. The standard InChI is InChI=1S/C21H24N5OP/c1-13-7-16(11-25-10-14(2)24-21(13)25)18-8-19(27)26-12-17(23-9-20(26)28-18)15-3-5-22-6-4-15/h7-12,15,20,22,28H,3-6H2,1-2H3. The van der Waals surface area contributed by atoms with Crippen LogP contribution in [0.1, 0.15) is 29.7 Å². The second-order valence-electron chi connectivity index (χ2n) is 7.77. The summed E-state index contributed by atoms with van der Waals surface area (Å²) in [5, 5.41) is 4.48. The molecule has 6 nitrogen and oxygen atoms in total. The van der Waals surface area contributed by atoms with Gasteiger partial charge in [-0.05, 0) is 62.3 Å². The van der Waals surface area contributed by atoms with Gasteiger partial charge >= 0.3 is 0 Å². The zero-order valence-electron chi connectivity index (χ0n) is 16.1. The quantitative estimate of drug-likeness (QED) is 0.798. The molecule has 1 saturated heterocycles. The third kappa shape index (κ3) is 3.11. The summed E-state index contributed by atoms with van der Waals surface area (Å²) in [5.41, 5.74) is 5.24. The summed E-state index contributed by atoms with van der Waals surface area (Å²) in [7, 11) is 0.485. The number of nitrogens with zero attached hydrogens (tertiary/aromatic N) is 4. The summed E-state index contributed by atoms with van der Waals surface area (Å²) in [6.07, 6.45) is 12.1. The molecule has 5 rings (SSSR count). The van der Waals surface area contributed by atoms with Gasteiger partial charge in [-0.25, -0.2) is 4.98 Å². The fourth-order valence-electron chi connectivity index (χ4n) is 4.22. The number of imidazole rings is 1. The predicted molar refractivity (Wildman–Crippen MR) is 114 cm³/mol. The number of aliphatic imine (C=N–C) groups is 1. The fraction of sp³-hybridized carbons (Fsp3) is 0.381. The highest BCUT2D eigenvalue weighted by atomic mass is 31.1. The van der Waals surface area contributed by atoms with Crippen molar-refractivity contribution >= 4 is 31.7 Å². The first-order valence-electron chi connectivity index (χ1n) is 9.82. The number of amides is 1. The van der Waals surface area contributed by atoms with Crippen LogP contribution in [0, 0.1) is 19.8 Å². The molecule has 144 valence electrons. The molecule has 1 amide bonds. The van der Waals surface area contributed by atoms with Crippen molar-refractivity contribution in [2.24, 2.45) is 10.9 Å². The van der Waals surface area contributed by atoms with Crippen LogP contribution in [0.5, 0.6) is 0 Å². The molecule has 1 N–H and O–H groups in total. The lowest BCUT2D eigenvalue weighted by molar-refractivity contribution is -0.123. The summed E-state index contributed by atoms with van der Waals surface area (Å²) in [6.45, 7) is 6.12. The minimum atomic E-state index is 0.0264. The number of fused-ring (bicyclic) bond motifs is 2. The van der Waals surface area contributed by atoms with Crippen molar-refractivity contribution in [1.82, 2.24) is 19.6 Å². The smallest absolute Gasteiger partial charge is 0.252 e. The lowest BCUT2D eigenvalue weighted by Gasteiger charge is -2.35. The van der Waals surface area contributed by atoms with E-state index in [0.29, 0.717) is 14.5 Å². The first kappa shape index (κ1) is 17.8. The van der Waals surface area contributed by atoms with Crippen LogP contribution in [0.25, 0.3) is 11.0 Å². The highest BCUT2D eigenvalue weighted by Crippen LogP contribution is 2.44. The maximum absolute atomic E-state index is 12.9. The van der Waals surface area contributed by atoms with Crippen LogP contribution < -0.4 is 5.32 Å². The van der Waals surface area contributed by atoms with Crippen LogP contribution in [0.3, 0.4) is 0 Å². The van der Waals surface area contributed by atoms with E-state index in [-0.39, 0.29) is 11.7 Å². The lowest BCUT2D eigenvalue weighted by atomic mass is 9.94. The first-order chi connectivity index (χ1) is 13.6. The average Bonchev–Trinajstić information content (AvgIpc) is 3.09. The number of allylic oxidation sites excluding steroid dienone is 1. The van der Waals surface area contributed by atoms with E-state index in [2.05, 4.69) is 33.9 Å². The number of pyridine rings is 1. The maximum Gasteiger partial charge on any atom is 0.252 e. The third-order valence-corrected chi connectivity index (χ3v) is 7.15. The number of rotatable bonds is 2. The Bertz CT molecular complexity index is 1040. The van der Waals surface area contributed by atoms with Gasteiger partial charge in [0.05, 0.1) is 17.2 Å². The minimum Gasteiger partial charge on any atom is -0.317 e. The van der Waals surface area contributed by atoms with Gasteiger partial charge in [0.1, 0.15) is 5.65 Å². The van der Waals surface area contributed by atoms with Crippen molar-refractivity contribution in [3.8, 4) is 0 Å². The predicted octanol–water partition coefficient (Wildman–Crippen LogP) is 3.06. The van der Waals surface area contributed by atoms with Crippen molar-refractivity contribution in [2.75, 3.05) is 13.1 Å². The number of hydrogen-bond donors (Lipinski definition) is 1.